The van der Waals surface area contributed by atoms with E-state index in [9.17, 15) is 0 Å². The van der Waals surface area contributed by atoms with Crippen LogP contribution < -0.4 is 10.6 Å². The molecule has 0 spiro atoms. The lowest BCUT2D eigenvalue weighted by Crippen LogP contribution is -2.23. The number of unbranched alkanes of at least 4 members (excludes halogenated alkanes) is 14. The van der Waals surface area contributed by atoms with Gasteiger partial charge in [-0.3, -0.25) is 0 Å². The molecule has 0 bridgehead atoms. The third kappa shape index (κ3) is 23.9. The van der Waals surface area contributed by atoms with Crippen LogP contribution in [0.25, 0.3) is 0 Å². The monoisotopic (exact) mass is 354 g/mol. The van der Waals surface area contributed by atoms with E-state index in [1.807, 2.05) is 0 Å². The first-order chi connectivity index (χ1) is 12.1. The van der Waals surface area contributed by atoms with Crippen molar-refractivity contribution < 1.29 is 0 Å². The molecule has 0 rings (SSSR count). The minimum Gasteiger partial charge on any atom is -0.315 e. The van der Waals surface area contributed by atoms with Gasteiger partial charge in [-0.1, -0.05) is 111 Å². The maximum absolute atomic E-state index is 3.50. The second kappa shape index (κ2) is 20.2. The van der Waals surface area contributed by atoms with Crippen LogP contribution in [0, 0.1) is 0 Å². The molecule has 0 aliphatic rings. The highest BCUT2D eigenvalue weighted by Gasteiger charge is 1.96. The summed E-state index contributed by atoms with van der Waals surface area (Å²) < 4.78 is 0. The van der Waals surface area contributed by atoms with Crippen LogP contribution in [0.5, 0.6) is 0 Å². The SMILES string of the molecule is CC(C)NCCCCCCCCCCCCCCCCCNC(C)C. The topological polar surface area (TPSA) is 24.1 Å². The van der Waals surface area contributed by atoms with Gasteiger partial charge in [-0.05, 0) is 25.9 Å². The summed E-state index contributed by atoms with van der Waals surface area (Å²) in [6, 6.07) is 1.29. The van der Waals surface area contributed by atoms with Crippen LogP contribution in [0.4, 0.5) is 0 Å². The van der Waals surface area contributed by atoms with Crippen molar-refractivity contribution in [2.45, 2.75) is 136 Å². The maximum Gasteiger partial charge on any atom is 0.00103 e. The predicted molar refractivity (Wildman–Crippen MR) is 116 cm³/mol. The van der Waals surface area contributed by atoms with Gasteiger partial charge in [0.15, 0.2) is 0 Å². The molecule has 0 heterocycles. The largest absolute Gasteiger partial charge is 0.315 e. The van der Waals surface area contributed by atoms with Crippen LogP contribution in [0.15, 0.2) is 0 Å². The standard InChI is InChI=1S/C23H50N2/c1-22(2)24-20-18-16-14-12-10-8-6-5-7-9-11-13-15-17-19-21-25-23(3)4/h22-25H,5-21H2,1-4H3. The summed E-state index contributed by atoms with van der Waals surface area (Å²) in [7, 11) is 0. The summed E-state index contributed by atoms with van der Waals surface area (Å²) in [5.74, 6) is 0. The van der Waals surface area contributed by atoms with E-state index in [-0.39, 0.29) is 0 Å². The maximum atomic E-state index is 3.50. The summed E-state index contributed by atoms with van der Waals surface area (Å²) in [5.41, 5.74) is 0. The molecule has 0 saturated carbocycles. The highest BCUT2D eigenvalue weighted by atomic mass is 14.9. The minimum atomic E-state index is 0.645. The van der Waals surface area contributed by atoms with Crippen molar-refractivity contribution in [3.05, 3.63) is 0 Å². The summed E-state index contributed by atoms with van der Waals surface area (Å²) in [6.45, 7) is 11.3. The second-order valence-electron chi connectivity index (χ2n) is 8.52. The Hall–Kier alpha value is -0.0800. The Kier molecular flexibility index (Phi) is 20.2. The Morgan fingerprint density at radius 1 is 0.360 bits per heavy atom. The minimum absolute atomic E-state index is 0.645. The van der Waals surface area contributed by atoms with Crippen LogP contribution in [0.3, 0.4) is 0 Å². The number of hydrogen-bond donors (Lipinski definition) is 2. The molecule has 2 nitrogen and oxygen atoms in total. The molecule has 0 radical (unpaired) electrons. The molecule has 0 aliphatic heterocycles. The second-order valence-corrected chi connectivity index (χ2v) is 8.52. The first kappa shape index (κ1) is 24.9. The van der Waals surface area contributed by atoms with Gasteiger partial charge in [0.1, 0.15) is 0 Å². The summed E-state index contributed by atoms with van der Waals surface area (Å²) in [4.78, 5) is 0. The average molecular weight is 355 g/mol. The van der Waals surface area contributed by atoms with Gasteiger partial charge in [-0.2, -0.15) is 0 Å². The van der Waals surface area contributed by atoms with E-state index in [0.717, 1.165) is 0 Å². The fraction of sp³-hybridized carbons (Fsp3) is 1.00. The zero-order chi connectivity index (χ0) is 18.6. The van der Waals surface area contributed by atoms with E-state index < -0.39 is 0 Å². The summed E-state index contributed by atoms with van der Waals surface area (Å²) >= 11 is 0. The normalized spacial score (nSPS) is 11.8. The quantitative estimate of drug-likeness (QED) is 0.234. The molecule has 0 aromatic carbocycles. The van der Waals surface area contributed by atoms with E-state index in [1.54, 1.807) is 0 Å². The number of nitrogens with one attached hydrogen (secondary N) is 2. The third-order valence-corrected chi connectivity index (χ3v) is 4.96. The van der Waals surface area contributed by atoms with E-state index in [0.29, 0.717) is 12.1 Å². The molecule has 2 N–H and O–H groups in total. The van der Waals surface area contributed by atoms with Crippen LogP contribution in [0.1, 0.15) is 124 Å². The lowest BCUT2D eigenvalue weighted by Gasteiger charge is -2.07. The highest BCUT2D eigenvalue weighted by Crippen LogP contribution is 2.13. The van der Waals surface area contributed by atoms with Crippen LogP contribution in [0.2, 0.25) is 0 Å². The first-order valence-corrected chi connectivity index (χ1v) is 11.6. The van der Waals surface area contributed by atoms with Crippen molar-refractivity contribution in [3.8, 4) is 0 Å². The molecule has 25 heavy (non-hydrogen) atoms. The summed E-state index contributed by atoms with van der Waals surface area (Å²) in [6.07, 6.45) is 21.6. The van der Waals surface area contributed by atoms with Crippen molar-refractivity contribution in [2.24, 2.45) is 0 Å². The Balaban J connectivity index is 2.98. The van der Waals surface area contributed by atoms with Crippen LogP contribution in [-0.2, 0) is 0 Å². The zero-order valence-electron chi connectivity index (χ0n) is 18.2. The van der Waals surface area contributed by atoms with Crippen molar-refractivity contribution in [2.75, 3.05) is 13.1 Å². The molecular weight excluding hydrogens is 304 g/mol. The lowest BCUT2D eigenvalue weighted by atomic mass is 10.0. The molecular formula is C23H50N2. The highest BCUT2D eigenvalue weighted by molar-refractivity contribution is 4.55. The molecule has 0 unspecified atom stereocenters. The van der Waals surface area contributed by atoms with Gasteiger partial charge in [0.2, 0.25) is 0 Å². The zero-order valence-corrected chi connectivity index (χ0v) is 18.2. The van der Waals surface area contributed by atoms with Gasteiger partial charge < -0.3 is 10.6 Å². The van der Waals surface area contributed by atoms with Crippen LogP contribution in [-0.4, -0.2) is 25.2 Å². The molecule has 152 valence electrons. The molecule has 0 aliphatic carbocycles. The molecule has 0 aromatic heterocycles. The predicted octanol–water partition coefficient (Wildman–Crippen LogP) is 6.83. The smallest absolute Gasteiger partial charge is 0.00103 e. The lowest BCUT2D eigenvalue weighted by molar-refractivity contribution is 0.511. The van der Waals surface area contributed by atoms with Gasteiger partial charge in [-0.25, -0.2) is 0 Å². The van der Waals surface area contributed by atoms with E-state index in [4.69, 9.17) is 0 Å². The van der Waals surface area contributed by atoms with Crippen molar-refractivity contribution in [1.29, 1.82) is 0 Å². The fourth-order valence-corrected chi connectivity index (χ4v) is 3.33. The third-order valence-electron chi connectivity index (χ3n) is 4.96. The van der Waals surface area contributed by atoms with E-state index in [1.165, 1.54) is 109 Å². The molecule has 0 fully saturated rings. The van der Waals surface area contributed by atoms with Gasteiger partial charge >= 0.3 is 0 Å². The number of rotatable bonds is 20. The van der Waals surface area contributed by atoms with Crippen LogP contribution >= 0.6 is 0 Å². The Morgan fingerprint density at radius 3 is 0.760 bits per heavy atom. The van der Waals surface area contributed by atoms with E-state index >= 15 is 0 Å². The Bertz CT molecular complexity index is 214. The first-order valence-electron chi connectivity index (χ1n) is 11.6. The Labute approximate surface area is 160 Å². The van der Waals surface area contributed by atoms with Crippen molar-refractivity contribution >= 4 is 0 Å². The van der Waals surface area contributed by atoms with Gasteiger partial charge in [0.05, 0.1) is 0 Å². The number of hydrogen-bond acceptors (Lipinski definition) is 2. The van der Waals surface area contributed by atoms with Gasteiger partial charge in [-0.15, -0.1) is 0 Å². The average Bonchev–Trinajstić information content (AvgIpc) is 2.56. The molecule has 0 amide bonds. The molecule has 2 heteroatoms. The fourth-order valence-electron chi connectivity index (χ4n) is 3.33. The van der Waals surface area contributed by atoms with Gasteiger partial charge in [0, 0.05) is 12.1 Å². The van der Waals surface area contributed by atoms with Crippen molar-refractivity contribution in [1.82, 2.24) is 10.6 Å². The van der Waals surface area contributed by atoms with Gasteiger partial charge in [0.25, 0.3) is 0 Å². The molecule has 0 atom stereocenters. The molecule has 0 saturated heterocycles. The Morgan fingerprint density at radius 2 is 0.560 bits per heavy atom. The molecule has 0 aromatic rings. The van der Waals surface area contributed by atoms with E-state index in [2.05, 4.69) is 38.3 Å². The van der Waals surface area contributed by atoms with Crippen molar-refractivity contribution in [3.63, 3.8) is 0 Å². The summed E-state index contributed by atoms with van der Waals surface area (Å²) in [5, 5.41) is 7.00.